The van der Waals surface area contributed by atoms with Gasteiger partial charge in [0.2, 0.25) is 0 Å². The van der Waals surface area contributed by atoms with E-state index in [1.54, 1.807) is 0 Å². The lowest BCUT2D eigenvalue weighted by Crippen LogP contribution is -2.37. The molecular weight excluding hydrogens is 112 g/mol. The maximum atomic E-state index is 5.56. The smallest absolute Gasteiger partial charge is 0.0221 e. The van der Waals surface area contributed by atoms with Crippen LogP contribution in [0.1, 0.15) is 12.8 Å². The fraction of sp³-hybridized carbons (Fsp3) is 1.00. The summed E-state index contributed by atoms with van der Waals surface area (Å²) in [5.41, 5.74) is 5.56. The molecule has 0 spiro atoms. The lowest BCUT2D eigenvalue weighted by atomic mass is 9.73. The van der Waals surface area contributed by atoms with Gasteiger partial charge in [0.15, 0.2) is 0 Å². The maximum Gasteiger partial charge on any atom is 0.0221 e. The molecule has 0 aromatic carbocycles. The van der Waals surface area contributed by atoms with Crippen LogP contribution in [0.25, 0.3) is 0 Å². The summed E-state index contributed by atoms with van der Waals surface area (Å²) in [6, 6.07) is 0.656. The highest BCUT2D eigenvalue weighted by molar-refractivity contribution is 4.97. The van der Waals surface area contributed by atoms with Gasteiger partial charge in [0.25, 0.3) is 0 Å². The highest BCUT2D eigenvalue weighted by Gasteiger charge is 2.40. The second-order valence-electron chi connectivity index (χ2n) is 3.25. The van der Waals surface area contributed by atoms with E-state index in [2.05, 4.69) is 5.32 Å². The van der Waals surface area contributed by atoms with Crippen molar-refractivity contribution in [3.8, 4) is 0 Å². The number of rotatable bonds is 1. The van der Waals surface area contributed by atoms with Gasteiger partial charge in [0, 0.05) is 12.6 Å². The highest BCUT2D eigenvalue weighted by atomic mass is 15.0. The average molecular weight is 126 g/mol. The molecule has 0 aromatic heterocycles. The van der Waals surface area contributed by atoms with Crippen LogP contribution in [0.3, 0.4) is 0 Å². The Balaban J connectivity index is 1.97. The van der Waals surface area contributed by atoms with Crippen LogP contribution in [0.4, 0.5) is 0 Å². The molecule has 0 bridgehead atoms. The second-order valence-corrected chi connectivity index (χ2v) is 3.25. The standard InChI is InChI=1S/C7H14N2/c8-3-7-6-2-1-5(6)4-9-7/h5-7,9H,1-4,8H2. The first-order chi connectivity index (χ1) is 4.42. The Kier molecular flexibility index (Phi) is 1.24. The predicted octanol–water partition coefficient (Wildman–Crippen LogP) is -0.0569. The van der Waals surface area contributed by atoms with Crippen LogP contribution < -0.4 is 11.1 Å². The van der Waals surface area contributed by atoms with Gasteiger partial charge in [-0.05, 0) is 31.2 Å². The summed E-state index contributed by atoms with van der Waals surface area (Å²) in [6.45, 7) is 2.06. The minimum Gasteiger partial charge on any atom is -0.329 e. The van der Waals surface area contributed by atoms with Crippen LogP contribution >= 0.6 is 0 Å². The molecule has 1 saturated carbocycles. The van der Waals surface area contributed by atoms with Gasteiger partial charge in [-0.15, -0.1) is 0 Å². The third-order valence-corrected chi connectivity index (χ3v) is 2.89. The lowest BCUT2D eigenvalue weighted by Gasteiger charge is -2.32. The van der Waals surface area contributed by atoms with E-state index >= 15 is 0 Å². The van der Waals surface area contributed by atoms with Crippen LogP contribution in [0.2, 0.25) is 0 Å². The molecule has 0 radical (unpaired) electrons. The Hall–Kier alpha value is -0.0800. The highest BCUT2D eigenvalue weighted by Crippen LogP contribution is 2.39. The van der Waals surface area contributed by atoms with Crippen molar-refractivity contribution >= 4 is 0 Å². The number of hydrogen-bond donors (Lipinski definition) is 2. The molecule has 0 amide bonds. The minimum atomic E-state index is 0.656. The van der Waals surface area contributed by atoms with E-state index in [-0.39, 0.29) is 0 Å². The third kappa shape index (κ3) is 0.700. The van der Waals surface area contributed by atoms with Gasteiger partial charge in [0.1, 0.15) is 0 Å². The molecule has 3 atom stereocenters. The van der Waals surface area contributed by atoms with Gasteiger partial charge in [-0.3, -0.25) is 0 Å². The predicted molar refractivity (Wildman–Crippen MR) is 37.1 cm³/mol. The number of nitrogens with two attached hydrogens (primary N) is 1. The fourth-order valence-electron chi connectivity index (χ4n) is 2.09. The molecule has 52 valence electrons. The zero-order chi connectivity index (χ0) is 6.27. The lowest BCUT2D eigenvalue weighted by molar-refractivity contribution is 0.211. The van der Waals surface area contributed by atoms with Crippen LogP contribution in [0.15, 0.2) is 0 Å². The molecule has 2 fully saturated rings. The first-order valence-electron chi connectivity index (χ1n) is 3.85. The molecule has 1 heterocycles. The van der Waals surface area contributed by atoms with Gasteiger partial charge in [-0.2, -0.15) is 0 Å². The number of fused-ring (bicyclic) bond motifs is 1. The summed E-state index contributed by atoms with van der Waals surface area (Å²) in [5.74, 6) is 1.92. The second kappa shape index (κ2) is 1.96. The molecule has 0 aromatic rings. The Morgan fingerprint density at radius 1 is 1.44 bits per heavy atom. The number of nitrogens with one attached hydrogen (secondary N) is 1. The molecule has 1 aliphatic heterocycles. The van der Waals surface area contributed by atoms with E-state index in [0.29, 0.717) is 6.04 Å². The molecule has 3 unspecified atom stereocenters. The molecule has 2 aliphatic rings. The van der Waals surface area contributed by atoms with E-state index in [0.717, 1.165) is 18.4 Å². The van der Waals surface area contributed by atoms with Crippen molar-refractivity contribution in [2.24, 2.45) is 17.6 Å². The van der Waals surface area contributed by atoms with Crippen molar-refractivity contribution in [2.75, 3.05) is 13.1 Å². The SMILES string of the molecule is NCC1NCC2CCC21. The van der Waals surface area contributed by atoms with Crippen LogP contribution in [0.5, 0.6) is 0 Å². The summed E-state index contributed by atoms with van der Waals surface area (Å²) >= 11 is 0. The van der Waals surface area contributed by atoms with E-state index < -0.39 is 0 Å². The largest absolute Gasteiger partial charge is 0.329 e. The Labute approximate surface area is 55.8 Å². The normalized spacial score (nSPS) is 48.3. The molecule has 2 heteroatoms. The van der Waals surface area contributed by atoms with Crippen molar-refractivity contribution in [3.05, 3.63) is 0 Å². The quantitative estimate of drug-likeness (QED) is 0.516. The molecule has 2 nitrogen and oxygen atoms in total. The van der Waals surface area contributed by atoms with Crippen LogP contribution in [0, 0.1) is 11.8 Å². The van der Waals surface area contributed by atoms with E-state index in [4.69, 9.17) is 5.73 Å². The van der Waals surface area contributed by atoms with E-state index in [9.17, 15) is 0 Å². The summed E-state index contributed by atoms with van der Waals surface area (Å²) in [7, 11) is 0. The van der Waals surface area contributed by atoms with Crippen molar-refractivity contribution in [3.63, 3.8) is 0 Å². The van der Waals surface area contributed by atoms with E-state index in [1.165, 1.54) is 19.4 Å². The summed E-state index contributed by atoms with van der Waals surface area (Å²) in [6.07, 6.45) is 2.85. The van der Waals surface area contributed by atoms with Crippen LogP contribution in [-0.2, 0) is 0 Å². The first kappa shape index (κ1) is 5.69. The van der Waals surface area contributed by atoms with Gasteiger partial charge in [-0.25, -0.2) is 0 Å². The zero-order valence-electron chi connectivity index (χ0n) is 5.64. The maximum absolute atomic E-state index is 5.56. The van der Waals surface area contributed by atoms with Gasteiger partial charge < -0.3 is 11.1 Å². The van der Waals surface area contributed by atoms with Gasteiger partial charge in [0.05, 0.1) is 0 Å². The first-order valence-corrected chi connectivity index (χ1v) is 3.85. The molecule has 1 aliphatic carbocycles. The Morgan fingerprint density at radius 2 is 2.33 bits per heavy atom. The van der Waals surface area contributed by atoms with Crippen LogP contribution in [-0.4, -0.2) is 19.1 Å². The minimum absolute atomic E-state index is 0.656. The number of hydrogen-bond acceptors (Lipinski definition) is 2. The topological polar surface area (TPSA) is 38.0 Å². The monoisotopic (exact) mass is 126 g/mol. The Bertz CT molecular complexity index is 111. The molecule has 2 rings (SSSR count). The summed E-state index contributed by atoms with van der Waals surface area (Å²) < 4.78 is 0. The summed E-state index contributed by atoms with van der Waals surface area (Å²) in [5, 5.41) is 3.44. The Morgan fingerprint density at radius 3 is 2.67 bits per heavy atom. The van der Waals surface area contributed by atoms with Gasteiger partial charge in [-0.1, -0.05) is 0 Å². The molecule has 9 heavy (non-hydrogen) atoms. The van der Waals surface area contributed by atoms with Crippen molar-refractivity contribution < 1.29 is 0 Å². The van der Waals surface area contributed by atoms with Gasteiger partial charge >= 0.3 is 0 Å². The van der Waals surface area contributed by atoms with Crippen molar-refractivity contribution in [2.45, 2.75) is 18.9 Å². The molecule has 1 saturated heterocycles. The van der Waals surface area contributed by atoms with E-state index in [1.807, 2.05) is 0 Å². The summed E-state index contributed by atoms with van der Waals surface area (Å²) in [4.78, 5) is 0. The van der Waals surface area contributed by atoms with Crippen molar-refractivity contribution in [1.29, 1.82) is 0 Å². The molecular formula is C7H14N2. The average Bonchev–Trinajstić information content (AvgIpc) is 2.07. The zero-order valence-corrected chi connectivity index (χ0v) is 5.64. The van der Waals surface area contributed by atoms with Crippen molar-refractivity contribution in [1.82, 2.24) is 5.32 Å². The third-order valence-electron chi connectivity index (χ3n) is 2.89. The molecule has 3 N–H and O–H groups in total. The fourth-order valence-corrected chi connectivity index (χ4v) is 2.09.